The van der Waals surface area contributed by atoms with Gasteiger partial charge in [0.15, 0.2) is 9.84 Å². The molecule has 0 spiro atoms. The first-order chi connectivity index (χ1) is 8.90. The molecule has 1 aliphatic heterocycles. The predicted molar refractivity (Wildman–Crippen MR) is 79.6 cm³/mol. The van der Waals surface area contributed by atoms with E-state index in [1.54, 1.807) is 18.2 Å². The van der Waals surface area contributed by atoms with E-state index in [0.29, 0.717) is 22.9 Å². The Hall–Kier alpha value is -0.290. The molecule has 1 aromatic rings. The van der Waals surface area contributed by atoms with Crippen LogP contribution in [0.1, 0.15) is 24.8 Å². The number of benzene rings is 1. The molecule has 0 aromatic heterocycles. The molecule has 1 saturated heterocycles. The van der Waals surface area contributed by atoms with E-state index in [9.17, 15) is 8.42 Å². The van der Waals surface area contributed by atoms with Gasteiger partial charge in [0.2, 0.25) is 0 Å². The van der Waals surface area contributed by atoms with Gasteiger partial charge in [-0.25, -0.2) is 8.42 Å². The Bertz CT molecular complexity index is 560. The van der Waals surface area contributed by atoms with E-state index in [-0.39, 0.29) is 5.75 Å². The summed E-state index contributed by atoms with van der Waals surface area (Å²) in [5.74, 6) is 0.245. The Kier molecular flexibility index (Phi) is 4.77. The quantitative estimate of drug-likeness (QED) is 0.931. The number of sulfone groups is 1. The van der Waals surface area contributed by atoms with Crippen LogP contribution in [0.3, 0.4) is 0 Å². The number of nitrogens with two attached hydrogens (primary N) is 1. The minimum Gasteiger partial charge on any atom is -0.326 e. The lowest BCUT2D eigenvalue weighted by Crippen LogP contribution is -2.44. The zero-order chi connectivity index (χ0) is 14.0. The fourth-order valence-electron chi connectivity index (χ4n) is 2.55. The molecule has 1 fully saturated rings. The van der Waals surface area contributed by atoms with Gasteiger partial charge in [0, 0.05) is 16.1 Å². The Morgan fingerprint density at radius 2 is 2.05 bits per heavy atom. The average molecular weight is 322 g/mol. The van der Waals surface area contributed by atoms with Gasteiger partial charge in [0.25, 0.3) is 0 Å². The Labute approximate surface area is 124 Å². The van der Waals surface area contributed by atoms with Crippen molar-refractivity contribution in [3.8, 4) is 0 Å². The van der Waals surface area contributed by atoms with Gasteiger partial charge in [-0.05, 0) is 43.0 Å². The van der Waals surface area contributed by atoms with Crippen LogP contribution in [-0.4, -0.2) is 25.5 Å². The molecule has 6 heteroatoms. The molecular formula is C13H17Cl2NO2S. The summed E-state index contributed by atoms with van der Waals surface area (Å²) >= 11 is 12.0. The van der Waals surface area contributed by atoms with Gasteiger partial charge in [0.1, 0.15) is 0 Å². The van der Waals surface area contributed by atoms with Crippen LogP contribution in [0.5, 0.6) is 0 Å². The van der Waals surface area contributed by atoms with Crippen molar-refractivity contribution in [1.29, 1.82) is 0 Å². The molecule has 1 aliphatic rings. The molecule has 2 atom stereocenters. The average Bonchev–Trinajstić information content (AvgIpc) is 2.33. The summed E-state index contributed by atoms with van der Waals surface area (Å²) in [6, 6.07) is 4.73. The van der Waals surface area contributed by atoms with Crippen molar-refractivity contribution < 1.29 is 8.42 Å². The Balaban J connectivity index is 2.16. The van der Waals surface area contributed by atoms with Crippen molar-refractivity contribution in [3.05, 3.63) is 33.8 Å². The van der Waals surface area contributed by atoms with Gasteiger partial charge >= 0.3 is 0 Å². The van der Waals surface area contributed by atoms with Crippen molar-refractivity contribution in [2.45, 2.75) is 37.0 Å². The zero-order valence-corrected chi connectivity index (χ0v) is 12.8. The van der Waals surface area contributed by atoms with E-state index in [0.717, 1.165) is 18.4 Å². The van der Waals surface area contributed by atoms with E-state index in [2.05, 4.69) is 0 Å². The second kappa shape index (κ2) is 6.00. The number of hydrogen-bond acceptors (Lipinski definition) is 3. The highest BCUT2D eigenvalue weighted by atomic mass is 35.5. The highest BCUT2D eigenvalue weighted by Crippen LogP contribution is 2.26. The van der Waals surface area contributed by atoms with Crippen molar-refractivity contribution in [3.63, 3.8) is 0 Å². The van der Waals surface area contributed by atoms with Crippen LogP contribution >= 0.6 is 23.2 Å². The zero-order valence-electron chi connectivity index (χ0n) is 10.5. The summed E-state index contributed by atoms with van der Waals surface area (Å²) in [5, 5.41) is 0.697. The maximum atomic E-state index is 12.0. The van der Waals surface area contributed by atoms with E-state index in [1.165, 1.54) is 0 Å². The molecule has 0 saturated carbocycles. The van der Waals surface area contributed by atoms with Gasteiger partial charge in [-0.1, -0.05) is 29.6 Å². The number of hydrogen-bond donors (Lipinski definition) is 1. The maximum Gasteiger partial charge on any atom is 0.154 e. The molecule has 106 valence electrons. The molecule has 3 nitrogen and oxygen atoms in total. The first kappa shape index (κ1) is 15.1. The maximum absolute atomic E-state index is 12.0. The minimum atomic E-state index is -3.07. The molecule has 2 unspecified atom stereocenters. The van der Waals surface area contributed by atoms with Gasteiger partial charge in [-0.3, -0.25) is 0 Å². The predicted octanol–water partition coefficient (Wildman–Crippen LogP) is 2.83. The van der Waals surface area contributed by atoms with Crippen molar-refractivity contribution >= 4 is 33.0 Å². The van der Waals surface area contributed by atoms with Gasteiger partial charge in [-0.2, -0.15) is 0 Å². The molecule has 0 aliphatic carbocycles. The van der Waals surface area contributed by atoms with Gasteiger partial charge < -0.3 is 5.73 Å². The van der Waals surface area contributed by atoms with Crippen molar-refractivity contribution in [1.82, 2.24) is 0 Å². The van der Waals surface area contributed by atoms with Crippen molar-refractivity contribution in [2.75, 3.05) is 5.75 Å². The van der Waals surface area contributed by atoms with Crippen LogP contribution in [0.2, 0.25) is 10.0 Å². The van der Waals surface area contributed by atoms with E-state index in [1.807, 2.05) is 0 Å². The minimum absolute atomic E-state index is 0.245. The first-order valence-electron chi connectivity index (χ1n) is 6.31. The van der Waals surface area contributed by atoms with Gasteiger partial charge in [0.05, 0.1) is 11.0 Å². The lowest BCUT2D eigenvalue weighted by Gasteiger charge is -2.27. The van der Waals surface area contributed by atoms with Crippen LogP contribution in [0.4, 0.5) is 0 Å². The standard InChI is InChI=1S/C13H17Cl2NO2S/c14-10-4-5-11(15)9(7-10)8-12(16)13-3-1-2-6-19(13,17)18/h4-5,7,12-13H,1-3,6,8,16H2. The van der Waals surface area contributed by atoms with Crippen LogP contribution in [0, 0.1) is 0 Å². The molecule has 19 heavy (non-hydrogen) atoms. The Morgan fingerprint density at radius 1 is 1.32 bits per heavy atom. The molecule has 1 aromatic carbocycles. The lowest BCUT2D eigenvalue weighted by atomic mass is 10.0. The lowest BCUT2D eigenvalue weighted by molar-refractivity contribution is 0.495. The fraction of sp³-hybridized carbons (Fsp3) is 0.538. The molecule has 2 rings (SSSR count). The molecule has 0 bridgehead atoms. The van der Waals surface area contributed by atoms with Crippen molar-refractivity contribution in [2.24, 2.45) is 5.73 Å². The number of halogens is 2. The highest BCUT2D eigenvalue weighted by Gasteiger charge is 2.33. The highest BCUT2D eigenvalue weighted by molar-refractivity contribution is 7.92. The summed E-state index contributed by atoms with van der Waals surface area (Å²) in [7, 11) is -3.07. The van der Waals surface area contributed by atoms with Crippen LogP contribution in [-0.2, 0) is 16.3 Å². The van der Waals surface area contributed by atoms with E-state index < -0.39 is 21.1 Å². The first-order valence-corrected chi connectivity index (χ1v) is 8.78. The smallest absolute Gasteiger partial charge is 0.154 e. The topological polar surface area (TPSA) is 60.2 Å². The number of rotatable bonds is 3. The van der Waals surface area contributed by atoms with Gasteiger partial charge in [-0.15, -0.1) is 0 Å². The summed E-state index contributed by atoms with van der Waals surface area (Å²) in [6.07, 6.45) is 2.73. The second-order valence-corrected chi connectivity index (χ2v) is 8.19. The third-order valence-corrected chi connectivity index (χ3v) is 6.54. The fourth-order valence-corrected chi connectivity index (χ4v) is 5.00. The summed E-state index contributed by atoms with van der Waals surface area (Å²) in [4.78, 5) is 0. The van der Waals surface area contributed by atoms with E-state index in [4.69, 9.17) is 28.9 Å². The SMILES string of the molecule is NC(Cc1cc(Cl)ccc1Cl)C1CCCCS1(=O)=O. The van der Waals surface area contributed by atoms with Crippen LogP contribution in [0.15, 0.2) is 18.2 Å². The summed E-state index contributed by atoms with van der Waals surface area (Å²) in [5.41, 5.74) is 6.90. The normalized spacial score (nSPS) is 24.1. The van der Waals surface area contributed by atoms with Crippen LogP contribution in [0.25, 0.3) is 0 Å². The molecule has 0 radical (unpaired) electrons. The summed E-state index contributed by atoms with van der Waals surface area (Å²) in [6.45, 7) is 0. The molecule has 2 N–H and O–H groups in total. The molecular weight excluding hydrogens is 305 g/mol. The monoisotopic (exact) mass is 321 g/mol. The Morgan fingerprint density at radius 3 is 2.74 bits per heavy atom. The third kappa shape index (κ3) is 3.63. The summed E-state index contributed by atoms with van der Waals surface area (Å²) < 4.78 is 24.1. The van der Waals surface area contributed by atoms with Crippen LogP contribution < -0.4 is 5.73 Å². The molecule has 0 amide bonds. The van der Waals surface area contributed by atoms with E-state index >= 15 is 0 Å². The second-order valence-electron chi connectivity index (χ2n) is 5.00. The largest absolute Gasteiger partial charge is 0.326 e. The third-order valence-electron chi connectivity index (χ3n) is 3.57. The molecule has 1 heterocycles.